The largest absolute Gasteiger partial charge is 0.497 e. The standard InChI is InChI=1S/C24H23N3O5/c1-31-20-8-3-7-19(13-20)27-15-17(12-22(27)28)23(29)25-14-16-5-2-6-18(11-16)26-24(30)21-9-4-10-32-21/h2-11,13,17H,12,14-15H2,1H3,(H,25,29)(H,26,30). The minimum absolute atomic E-state index is 0.0963. The molecule has 0 radical (unpaired) electrons. The third kappa shape index (κ3) is 4.80. The molecule has 3 amide bonds. The number of rotatable bonds is 7. The van der Waals surface area contributed by atoms with E-state index in [1.807, 2.05) is 18.2 Å². The number of hydrogen-bond donors (Lipinski definition) is 2. The molecule has 4 rings (SSSR count). The smallest absolute Gasteiger partial charge is 0.291 e. The van der Waals surface area contributed by atoms with Crippen molar-refractivity contribution in [2.75, 3.05) is 23.9 Å². The van der Waals surface area contributed by atoms with Crippen molar-refractivity contribution < 1.29 is 23.5 Å². The summed E-state index contributed by atoms with van der Waals surface area (Å²) in [5.41, 5.74) is 2.13. The van der Waals surface area contributed by atoms with Gasteiger partial charge in [-0.1, -0.05) is 18.2 Å². The van der Waals surface area contributed by atoms with Gasteiger partial charge in [0.2, 0.25) is 11.8 Å². The van der Waals surface area contributed by atoms with Crippen LogP contribution < -0.4 is 20.3 Å². The van der Waals surface area contributed by atoms with Gasteiger partial charge in [0.05, 0.1) is 19.3 Å². The van der Waals surface area contributed by atoms with E-state index in [9.17, 15) is 14.4 Å². The third-order valence-electron chi connectivity index (χ3n) is 5.26. The van der Waals surface area contributed by atoms with Crippen LogP contribution in [-0.2, 0) is 16.1 Å². The summed E-state index contributed by atoms with van der Waals surface area (Å²) in [6.45, 7) is 0.601. The number of nitrogens with one attached hydrogen (secondary N) is 2. The van der Waals surface area contributed by atoms with Gasteiger partial charge >= 0.3 is 0 Å². The molecular formula is C24H23N3O5. The van der Waals surface area contributed by atoms with Crippen LogP contribution >= 0.6 is 0 Å². The van der Waals surface area contributed by atoms with Crippen LogP contribution in [0.25, 0.3) is 0 Å². The molecule has 2 heterocycles. The van der Waals surface area contributed by atoms with Crippen molar-refractivity contribution in [1.29, 1.82) is 0 Å². The molecule has 3 aromatic rings. The molecular weight excluding hydrogens is 410 g/mol. The van der Waals surface area contributed by atoms with Crippen LogP contribution in [0.4, 0.5) is 11.4 Å². The lowest BCUT2D eigenvalue weighted by atomic mass is 10.1. The lowest BCUT2D eigenvalue weighted by molar-refractivity contribution is -0.126. The number of anilines is 2. The van der Waals surface area contributed by atoms with Crippen molar-refractivity contribution in [3.8, 4) is 5.75 Å². The average molecular weight is 433 g/mol. The molecule has 1 unspecified atom stereocenters. The van der Waals surface area contributed by atoms with Gasteiger partial charge in [-0.25, -0.2) is 0 Å². The highest BCUT2D eigenvalue weighted by molar-refractivity contribution is 6.02. The second kappa shape index (κ2) is 9.38. The third-order valence-corrected chi connectivity index (χ3v) is 5.26. The maximum absolute atomic E-state index is 12.7. The first-order valence-corrected chi connectivity index (χ1v) is 10.2. The summed E-state index contributed by atoms with van der Waals surface area (Å²) >= 11 is 0. The zero-order valence-electron chi connectivity index (χ0n) is 17.5. The van der Waals surface area contributed by atoms with Gasteiger partial charge in [-0.15, -0.1) is 0 Å². The number of carbonyl (C=O) groups is 3. The molecule has 2 N–H and O–H groups in total. The minimum atomic E-state index is -0.435. The fourth-order valence-corrected chi connectivity index (χ4v) is 3.60. The summed E-state index contributed by atoms with van der Waals surface area (Å²) in [5, 5.41) is 5.65. The van der Waals surface area contributed by atoms with Gasteiger partial charge in [0.1, 0.15) is 5.75 Å². The molecule has 0 bridgehead atoms. The SMILES string of the molecule is COc1cccc(N2CC(C(=O)NCc3cccc(NC(=O)c4ccco4)c3)CC2=O)c1. The van der Waals surface area contributed by atoms with Gasteiger partial charge in [-0.05, 0) is 42.0 Å². The Hall–Kier alpha value is -4.07. The van der Waals surface area contributed by atoms with Crippen molar-refractivity contribution in [1.82, 2.24) is 5.32 Å². The van der Waals surface area contributed by atoms with E-state index < -0.39 is 5.92 Å². The zero-order valence-corrected chi connectivity index (χ0v) is 17.5. The number of carbonyl (C=O) groups excluding carboxylic acids is 3. The Labute approximate surface area is 185 Å². The Morgan fingerprint density at radius 3 is 2.75 bits per heavy atom. The molecule has 164 valence electrons. The Morgan fingerprint density at radius 2 is 1.97 bits per heavy atom. The summed E-state index contributed by atoms with van der Waals surface area (Å²) in [6.07, 6.45) is 1.59. The first-order chi connectivity index (χ1) is 15.5. The predicted octanol–water partition coefficient (Wildman–Crippen LogP) is 3.21. The highest BCUT2D eigenvalue weighted by Gasteiger charge is 2.35. The Bertz CT molecular complexity index is 1130. The van der Waals surface area contributed by atoms with Gasteiger partial charge in [-0.3, -0.25) is 14.4 Å². The van der Waals surface area contributed by atoms with Gasteiger partial charge in [0, 0.05) is 37.0 Å². The fourth-order valence-electron chi connectivity index (χ4n) is 3.60. The zero-order chi connectivity index (χ0) is 22.5. The van der Waals surface area contributed by atoms with E-state index in [-0.39, 0.29) is 36.4 Å². The molecule has 1 aliphatic rings. The molecule has 0 aliphatic carbocycles. The Kier molecular flexibility index (Phi) is 6.21. The normalized spacial score (nSPS) is 15.5. The van der Waals surface area contributed by atoms with E-state index in [0.717, 1.165) is 5.56 Å². The van der Waals surface area contributed by atoms with E-state index in [1.54, 1.807) is 54.5 Å². The van der Waals surface area contributed by atoms with Crippen molar-refractivity contribution in [2.45, 2.75) is 13.0 Å². The summed E-state index contributed by atoms with van der Waals surface area (Å²) in [6, 6.07) is 17.6. The Balaban J connectivity index is 1.34. The van der Waals surface area contributed by atoms with Crippen LogP contribution in [0.5, 0.6) is 5.75 Å². The maximum atomic E-state index is 12.7. The second-order valence-corrected chi connectivity index (χ2v) is 7.46. The molecule has 1 atom stereocenters. The highest BCUT2D eigenvalue weighted by Crippen LogP contribution is 2.28. The Morgan fingerprint density at radius 1 is 1.12 bits per heavy atom. The van der Waals surface area contributed by atoms with Crippen LogP contribution in [0.15, 0.2) is 71.3 Å². The van der Waals surface area contributed by atoms with Gasteiger partial charge in [0.25, 0.3) is 5.91 Å². The fraction of sp³-hybridized carbons (Fsp3) is 0.208. The van der Waals surface area contributed by atoms with Crippen LogP contribution in [0.1, 0.15) is 22.5 Å². The van der Waals surface area contributed by atoms with Gasteiger partial charge < -0.3 is 24.7 Å². The number of hydrogen-bond acceptors (Lipinski definition) is 5. The summed E-state index contributed by atoms with van der Waals surface area (Å²) in [7, 11) is 1.57. The summed E-state index contributed by atoms with van der Waals surface area (Å²) < 4.78 is 10.3. The summed E-state index contributed by atoms with van der Waals surface area (Å²) in [5.74, 6) is -0.193. The molecule has 8 nitrogen and oxygen atoms in total. The van der Waals surface area contributed by atoms with E-state index >= 15 is 0 Å². The molecule has 1 aliphatic heterocycles. The predicted molar refractivity (Wildman–Crippen MR) is 118 cm³/mol. The molecule has 32 heavy (non-hydrogen) atoms. The van der Waals surface area contributed by atoms with Crippen LogP contribution in [0.2, 0.25) is 0 Å². The van der Waals surface area contributed by atoms with E-state index in [2.05, 4.69) is 10.6 Å². The number of nitrogens with zero attached hydrogens (tertiary/aromatic N) is 1. The van der Waals surface area contributed by atoms with Crippen LogP contribution in [0, 0.1) is 5.92 Å². The topological polar surface area (TPSA) is 101 Å². The molecule has 1 fully saturated rings. The first kappa shape index (κ1) is 21.2. The van der Waals surface area contributed by atoms with Crippen LogP contribution in [-0.4, -0.2) is 31.4 Å². The molecule has 0 spiro atoms. The van der Waals surface area contributed by atoms with E-state index in [0.29, 0.717) is 23.7 Å². The van der Waals surface area contributed by atoms with Crippen molar-refractivity contribution in [3.05, 3.63) is 78.3 Å². The quantitative estimate of drug-likeness (QED) is 0.596. The summed E-state index contributed by atoms with van der Waals surface area (Å²) in [4.78, 5) is 38.9. The van der Waals surface area contributed by atoms with Crippen molar-refractivity contribution in [2.24, 2.45) is 5.92 Å². The van der Waals surface area contributed by atoms with Crippen LogP contribution in [0.3, 0.4) is 0 Å². The molecule has 8 heteroatoms. The lowest BCUT2D eigenvalue weighted by Gasteiger charge is -2.17. The molecule has 0 saturated carbocycles. The average Bonchev–Trinajstić information content (AvgIpc) is 3.48. The number of benzene rings is 2. The van der Waals surface area contributed by atoms with Gasteiger partial charge in [0.15, 0.2) is 5.76 Å². The molecule has 1 saturated heterocycles. The molecule has 1 aromatic heterocycles. The lowest BCUT2D eigenvalue weighted by Crippen LogP contribution is -2.32. The number of amides is 3. The van der Waals surface area contributed by atoms with E-state index in [4.69, 9.17) is 9.15 Å². The highest BCUT2D eigenvalue weighted by atomic mass is 16.5. The molecule has 2 aromatic carbocycles. The number of methoxy groups -OCH3 is 1. The number of furan rings is 1. The maximum Gasteiger partial charge on any atom is 0.291 e. The monoisotopic (exact) mass is 433 g/mol. The van der Waals surface area contributed by atoms with Crippen molar-refractivity contribution in [3.63, 3.8) is 0 Å². The van der Waals surface area contributed by atoms with E-state index in [1.165, 1.54) is 6.26 Å². The minimum Gasteiger partial charge on any atom is -0.497 e. The second-order valence-electron chi connectivity index (χ2n) is 7.46. The first-order valence-electron chi connectivity index (χ1n) is 10.2. The van der Waals surface area contributed by atoms with Gasteiger partial charge in [-0.2, -0.15) is 0 Å². The van der Waals surface area contributed by atoms with Crippen molar-refractivity contribution >= 4 is 29.1 Å². The number of ether oxygens (including phenoxy) is 1.